The summed E-state index contributed by atoms with van der Waals surface area (Å²) in [5.74, 6) is 0.753. The van der Waals surface area contributed by atoms with Crippen LogP contribution in [0.15, 0.2) is 18.2 Å². The van der Waals surface area contributed by atoms with Gasteiger partial charge in [-0.05, 0) is 43.4 Å². The van der Waals surface area contributed by atoms with E-state index in [1.54, 1.807) is 0 Å². The van der Waals surface area contributed by atoms with Crippen molar-refractivity contribution in [1.29, 1.82) is 0 Å². The van der Waals surface area contributed by atoms with Crippen molar-refractivity contribution in [2.24, 2.45) is 0 Å². The number of aryl methyl sites for hydroxylation is 2. The molecule has 0 N–H and O–H groups in total. The molecular weight excluding hydrogens is 192 g/mol. The molecule has 1 fully saturated rings. The topological polar surface area (TPSA) is 17.1 Å². The van der Waals surface area contributed by atoms with E-state index in [2.05, 4.69) is 32.0 Å². The molecule has 1 nitrogen and oxygen atoms in total. The van der Waals surface area contributed by atoms with Gasteiger partial charge in [-0.2, -0.15) is 0 Å². The van der Waals surface area contributed by atoms with Gasteiger partial charge in [0.2, 0.25) is 0 Å². The number of hydrogen-bond acceptors (Lipinski definition) is 1. The SMILES string of the molecule is Cc1cccc(C)c1CS(=O)C1CC1. The summed E-state index contributed by atoms with van der Waals surface area (Å²) in [6.07, 6.45) is 2.33. The maximum absolute atomic E-state index is 11.8. The monoisotopic (exact) mass is 208 g/mol. The van der Waals surface area contributed by atoms with Gasteiger partial charge in [0.15, 0.2) is 0 Å². The van der Waals surface area contributed by atoms with Crippen molar-refractivity contribution < 1.29 is 4.21 Å². The first-order valence-electron chi connectivity index (χ1n) is 5.11. The molecule has 0 spiro atoms. The van der Waals surface area contributed by atoms with E-state index in [0.29, 0.717) is 5.25 Å². The van der Waals surface area contributed by atoms with E-state index in [9.17, 15) is 4.21 Å². The van der Waals surface area contributed by atoms with E-state index < -0.39 is 10.8 Å². The van der Waals surface area contributed by atoms with Crippen molar-refractivity contribution in [3.63, 3.8) is 0 Å². The van der Waals surface area contributed by atoms with Gasteiger partial charge in [-0.25, -0.2) is 0 Å². The summed E-state index contributed by atoms with van der Waals surface area (Å²) in [6.45, 7) is 4.21. The molecule has 0 aliphatic heterocycles. The van der Waals surface area contributed by atoms with E-state index in [1.165, 1.54) is 16.7 Å². The first-order chi connectivity index (χ1) is 6.68. The van der Waals surface area contributed by atoms with Crippen LogP contribution in [0.1, 0.15) is 29.5 Å². The Labute approximate surface area is 88.0 Å². The summed E-state index contributed by atoms with van der Waals surface area (Å²) >= 11 is 0. The maximum atomic E-state index is 11.8. The Kier molecular flexibility index (Phi) is 2.73. The van der Waals surface area contributed by atoms with Gasteiger partial charge < -0.3 is 0 Å². The lowest BCUT2D eigenvalue weighted by Crippen LogP contribution is -2.04. The molecule has 14 heavy (non-hydrogen) atoms. The minimum atomic E-state index is -0.632. The Hall–Kier alpha value is -0.630. The predicted molar refractivity (Wildman–Crippen MR) is 60.8 cm³/mol. The van der Waals surface area contributed by atoms with E-state index in [-0.39, 0.29) is 0 Å². The first-order valence-corrected chi connectivity index (χ1v) is 6.49. The molecule has 1 aromatic rings. The molecule has 0 bridgehead atoms. The number of hydrogen-bond donors (Lipinski definition) is 0. The minimum Gasteiger partial charge on any atom is -0.259 e. The number of benzene rings is 1. The molecule has 1 aromatic carbocycles. The highest BCUT2D eigenvalue weighted by Crippen LogP contribution is 2.29. The Morgan fingerprint density at radius 3 is 2.36 bits per heavy atom. The van der Waals surface area contributed by atoms with Crippen molar-refractivity contribution in [2.75, 3.05) is 0 Å². The van der Waals surface area contributed by atoms with Gasteiger partial charge in [0, 0.05) is 21.8 Å². The van der Waals surface area contributed by atoms with Gasteiger partial charge in [0.25, 0.3) is 0 Å². The minimum absolute atomic E-state index is 0.494. The molecule has 0 heterocycles. The molecule has 0 aromatic heterocycles. The van der Waals surface area contributed by atoms with Crippen LogP contribution in [-0.2, 0) is 16.6 Å². The van der Waals surface area contributed by atoms with Crippen LogP contribution in [0.25, 0.3) is 0 Å². The van der Waals surface area contributed by atoms with Crippen molar-refractivity contribution >= 4 is 10.8 Å². The van der Waals surface area contributed by atoms with Crippen molar-refractivity contribution in [3.05, 3.63) is 34.9 Å². The van der Waals surface area contributed by atoms with Gasteiger partial charge in [-0.15, -0.1) is 0 Å². The third-order valence-corrected chi connectivity index (χ3v) is 4.62. The summed E-state index contributed by atoms with van der Waals surface area (Å²) in [4.78, 5) is 0. The van der Waals surface area contributed by atoms with Crippen molar-refractivity contribution in [2.45, 2.75) is 37.7 Å². The fourth-order valence-electron chi connectivity index (χ4n) is 1.67. The van der Waals surface area contributed by atoms with Gasteiger partial charge in [0.1, 0.15) is 0 Å². The normalized spacial score (nSPS) is 18.1. The lowest BCUT2D eigenvalue weighted by atomic mass is 10.1. The van der Waals surface area contributed by atoms with Crippen LogP contribution >= 0.6 is 0 Å². The van der Waals surface area contributed by atoms with Gasteiger partial charge in [-0.3, -0.25) is 4.21 Å². The molecule has 76 valence electrons. The summed E-state index contributed by atoms with van der Waals surface area (Å²) in [6, 6.07) is 6.27. The second-order valence-corrected chi connectivity index (χ2v) is 5.81. The molecular formula is C12H16OS. The molecule has 0 amide bonds. The Bertz CT molecular complexity index is 346. The van der Waals surface area contributed by atoms with Gasteiger partial charge in [0.05, 0.1) is 0 Å². The first kappa shape index (κ1) is 9.91. The Balaban J connectivity index is 2.18. The van der Waals surface area contributed by atoms with E-state index in [0.717, 1.165) is 18.6 Å². The van der Waals surface area contributed by atoms with Crippen molar-refractivity contribution in [3.8, 4) is 0 Å². The highest BCUT2D eigenvalue weighted by atomic mass is 32.2. The zero-order valence-corrected chi connectivity index (χ0v) is 9.56. The average molecular weight is 208 g/mol. The number of rotatable bonds is 3. The molecule has 1 atom stereocenters. The predicted octanol–water partition coefficient (Wildman–Crippen LogP) is 2.71. The quantitative estimate of drug-likeness (QED) is 0.746. The van der Waals surface area contributed by atoms with Crippen LogP contribution in [0.4, 0.5) is 0 Å². The smallest absolute Gasteiger partial charge is 0.0493 e. The van der Waals surface area contributed by atoms with Crippen LogP contribution in [0.3, 0.4) is 0 Å². The molecule has 0 saturated heterocycles. The summed E-state index contributed by atoms with van der Waals surface area (Å²) in [5, 5.41) is 0.494. The van der Waals surface area contributed by atoms with Crippen LogP contribution in [0.5, 0.6) is 0 Å². The molecule has 1 aliphatic rings. The molecule has 0 radical (unpaired) electrons. The summed E-state index contributed by atoms with van der Waals surface area (Å²) in [5.41, 5.74) is 3.84. The van der Waals surface area contributed by atoms with E-state index in [4.69, 9.17) is 0 Å². The highest BCUT2D eigenvalue weighted by molar-refractivity contribution is 7.85. The highest BCUT2D eigenvalue weighted by Gasteiger charge is 2.28. The average Bonchev–Trinajstić information content (AvgIpc) is 2.94. The molecule has 1 saturated carbocycles. The molecule has 2 heteroatoms. The third kappa shape index (κ3) is 2.06. The lowest BCUT2D eigenvalue weighted by molar-refractivity contribution is 0.681. The van der Waals surface area contributed by atoms with E-state index >= 15 is 0 Å². The zero-order valence-electron chi connectivity index (χ0n) is 8.75. The van der Waals surface area contributed by atoms with Crippen LogP contribution in [0.2, 0.25) is 0 Å². The third-order valence-electron chi connectivity index (χ3n) is 2.83. The van der Waals surface area contributed by atoms with Gasteiger partial charge >= 0.3 is 0 Å². The largest absolute Gasteiger partial charge is 0.259 e. The molecule has 2 rings (SSSR count). The fourth-order valence-corrected chi connectivity index (χ4v) is 3.31. The fraction of sp³-hybridized carbons (Fsp3) is 0.500. The summed E-state index contributed by atoms with van der Waals surface area (Å²) < 4.78 is 11.8. The lowest BCUT2D eigenvalue weighted by Gasteiger charge is -2.08. The second kappa shape index (κ2) is 3.85. The van der Waals surface area contributed by atoms with Crippen LogP contribution in [-0.4, -0.2) is 9.46 Å². The van der Waals surface area contributed by atoms with Gasteiger partial charge in [-0.1, -0.05) is 18.2 Å². The van der Waals surface area contributed by atoms with E-state index in [1.807, 2.05) is 0 Å². The molecule has 1 unspecified atom stereocenters. The summed E-state index contributed by atoms with van der Waals surface area (Å²) in [7, 11) is -0.632. The van der Waals surface area contributed by atoms with Crippen LogP contribution < -0.4 is 0 Å². The van der Waals surface area contributed by atoms with Crippen molar-refractivity contribution in [1.82, 2.24) is 0 Å². The van der Waals surface area contributed by atoms with Crippen LogP contribution in [0, 0.1) is 13.8 Å². The molecule has 1 aliphatic carbocycles. The Morgan fingerprint density at radius 1 is 1.29 bits per heavy atom. The Morgan fingerprint density at radius 2 is 1.86 bits per heavy atom. The zero-order chi connectivity index (χ0) is 10.1. The maximum Gasteiger partial charge on any atom is 0.0493 e. The second-order valence-electron chi connectivity index (χ2n) is 4.09. The standard InChI is InChI=1S/C12H16OS/c1-9-4-3-5-10(2)12(9)8-14(13)11-6-7-11/h3-5,11H,6-8H2,1-2H3.